The first-order valence-electron chi connectivity index (χ1n) is 10.5. The molecule has 2 aliphatic rings. The number of hydrogen-bond acceptors (Lipinski definition) is 7. The molecule has 2 aliphatic heterocycles. The van der Waals surface area contributed by atoms with Gasteiger partial charge in [-0.05, 0) is 35.8 Å². The topological polar surface area (TPSA) is 110 Å². The second-order valence-electron chi connectivity index (χ2n) is 8.05. The van der Waals surface area contributed by atoms with Crippen LogP contribution in [0.3, 0.4) is 0 Å². The average molecular weight is 489 g/mol. The molecule has 0 spiro atoms. The molecule has 2 bridgehead atoms. The van der Waals surface area contributed by atoms with Crippen molar-refractivity contribution in [1.82, 2.24) is 20.8 Å². The zero-order chi connectivity index (χ0) is 23.8. The van der Waals surface area contributed by atoms with Gasteiger partial charge in [-0.3, -0.25) is 0 Å². The molecular weight excluding hydrogens is 470 g/mol. The van der Waals surface area contributed by atoms with Crippen LogP contribution in [0.2, 0.25) is 5.02 Å². The van der Waals surface area contributed by atoms with Gasteiger partial charge in [0.15, 0.2) is 12.4 Å². The second-order valence-corrected chi connectivity index (χ2v) is 8.42. The number of ether oxygens (including phenoxy) is 1. The summed E-state index contributed by atoms with van der Waals surface area (Å²) in [4.78, 5) is 16.2. The van der Waals surface area contributed by atoms with Crippen molar-refractivity contribution in [3.8, 4) is 17.1 Å². The molecule has 3 N–H and O–H groups in total. The van der Waals surface area contributed by atoms with Gasteiger partial charge in [-0.15, -0.1) is 0 Å². The van der Waals surface area contributed by atoms with Gasteiger partial charge in [-0.25, -0.2) is 18.6 Å². The fraction of sp³-hybridized carbons (Fsp3) is 0.261. The van der Waals surface area contributed by atoms with Crippen LogP contribution in [0.15, 0.2) is 46.6 Å². The minimum atomic E-state index is -0.953. The number of fused-ring (bicyclic) bond motifs is 2. The maximum atomic E-state index is 14.1. The molecule has 3 aromatic rings. The number of benzene rings is 1. The van der Waals surface area contributed by atoms with Gasteiger partial charge in [-0.2, -0.15) is 0 Å². The SMILES string of the molecule is O=C(O)C1=C(c2ccc(OCc3cc(-c4c(F)ccc(F)c4Cl)no3)nc2)C[C@@H]2CNC[C@H]1N2. The molecule has 0 unspecified atom stereocenters. The summed E-state index contributed by atoms with van der Waals surface area (Å²) in [5, 5.41) is 19.7. The van der Waals surface area contributed by atoms with Gasteiger partial charge in [0.05, 0.1) is 22.2 Å². The fourth-order valence-corrected chi connectivity index (χ4v) is 4.54. The van der Waals surface area contributed by atoms with Crippen molar-refractivity contribution in [1.29, 1.82) is 0 Å². The number of pyridine rings is 1. The third-order valence-electron chi connectivity index (χ3n) is 5.84. The number of nitrogens with zero attached hydrogens (tertiary/aromatic N) is 2. The van der Waals surface area contributed by atoms with Crippen LogP contribution in [0, 0.1) is 11.6 Å². The minimum Gasteiger partial charge on any atom is -0.478 e. The Morgan fingerprint density at radius 3 is 2.82 bits per heavy atom. The molecule has 0 radical (unpaired) electrons. The molecule has 34 heavy (non-hydrogen) atoms. The summed E-state index contributed by atoms with van der Waals surface area (Å²) in [5.74, 6) is -1.90. The van der Waals surface area contributed by atoms with Crippen molar-refractivity contribution < 1.29 is 27.9 Å². The molecule has 0 amide bonds. The zero-order valence-corrected chi connectivity index (χ0v) is 18.4. The van der Waals surface area contributed by atoms with E-state index in [4.69, 9.17) is 20.9 Å². The van der Waals surface area contributed by atoms with Crippen molar-refractivity contribution >= 4 is 23.1 Å². The number of rotatable bonds is 6. The van der Waals surface area contributed by atoms with Gasteiger partial charge >= 0.3 is 5.97 Å². The molecule has 4 heterocycles. The number of carboxylic acids is 1. The van der Waals surface area contributed by atoms with Crippen LogP contribution < -0.4 is 15.4 Å². The van der Waals surface area contributed by atoms with Crippen molar-refractivity contribution in [3.05, 3.63) is 70.1 Å². The summed E-state index contributed by atoms with van der Waals surface area (Å²) in [5.41, 5.74) is 1.68. The fourth-order valence-electron chi connectivity index (χ4n) is 4.29. The number of piperazine rings is 1. The van der Waals surface area contributed by atoms with Crippen LogP contribution in [-0.4, -0.2) is 46.4 Å². The van der Waals surface area contributed by atoms with Gasteiger partial charge in [0.1, 0.15) is 17.3 Å². The quantitative estimate of drug-likeness (QED) is 0.453. The van der Waals surface area contributed by atoms with Gasteiger partial charge in [0, 0.05) is 37.5 Å². The number of halogens is 3. The smallest absolute Gasteiger partial charge is 0.333 e. The monoisotopic (exact) mass is 488 g/mol. The van der Waals surface area contributed by atoms with Crippen LogP contribution in [0.25, 0.3) is 16.8 Å². The number of aromatic nitrogens is 2. The van der Waals surface area contributed by atoms with Gasteiger partial charge in [-0.1, -0.05) is 16.8 Å². The third kappa shape index (κ3) is 4.27. The Hall–Kier alpha value is -3.34. The average Bonchev–Trinajstić information content (AvgIpc) is 3.29. The highest BCUT2D eigenvalue weighted by molar-refractivity contribution is 6.33. The van der Waals surface area contributed by atoms with E-state index in [2.05, 4.69) is 20.8 Å². The number of aliphatic carboxylic acids is 1. The van der Waals surface area contributed by atoms with Gasteiger partial charge in [0.25, 0.3) is 0 Å². The van der Waals surface area contributed by atoms with E-state index >= 15 is 0 Å². The van der Waals surface area contributed by atoms with Crippen LogP contribution in [-0.2, 0) is 11.4 Å². The van der Waals surface area contributed by atoms with E-state index in [1.807, 2.05) is 0 Å². The first-order chi connectivity index (χ1) is 16.4. The minimum absolute atomic E-state index is 0.0444. The lowest BCUT2D eigenvalue weighted by molar-refractivity contribution is -0.133. The van der Waals surface area contributed by atoms with E-state index < -0.39 is 17.6 Å². The number of carboxylic acid groups (broad SMARTS) is 1. The van der Waals surface area contributed by atoms with E-state index in [9.17, 15) is 18.7 Å². The largest absolute Gasteiger partial charge is 0.478 e. The number of hydrogen-bond donors (Lipinski definition) is 3. The zero-order valence-electron chi connectivity index (χ0n) is 17.6. The molecule has 1 saturated heterocycles. The van der Waals surface area contributed by atoms with Crippen LogP contribution in [0.5, 0.6) is 5.88 Å². The Bertz CT molecular complexity index is 1280. The van der Waals surface area contributed by atoms with Crippen LogP contribution >= 0.6 is 11.6 Å². The lowest BCUT2D eigenvalue weighted by atomic mass is 9.85. The lowest BCUT2D eigenvalue weighted by Crippen LogP contribution is -2.58. The molecule has 0 saturated carbocycles. The summed E-state index contributed by atoms with van der Waals surface area (Å²) < 4.78 is 38.6. The molecule has 1 fully saturated rings. The molecule has 5 rings (SSSR count). The number of carbonyl (C=O) groups is 1. The Labute approximate surface area is 197 Å². The Kier molecular flexibility index (Phi) is 6.03. The maximum absolute atomic E-state index is 14.1. The molecule has 176 valence electrons. The van der Waals surface area contributed by atoms with Crippen LogP contribution in [0.1, 0.15) is 17.7 Å². The second kappa shape index (κ2) is 9.13. The summed E-state index contributed by atoms with van der Waals surface area (Å²) in [6.07, 6.45) is 2.16. The highest BCUT2D eigenvalue weighted by Gasteiger charge is 2.35. The maximum Gasteiger partial charge on any atom is 0.333 e. The van der Waals surface area contributed by atoms with Crippen LogP contribution in [0.4, 0.5) is 8.78 Å². The third-order valence-corrected chi connectivity index (χ3v) is 6.21. The predicted molar refractivity (Wildman–Crippen MR) is 118 cm³/mol. The normalized spacial score (nSPS) is 19.9. The highest BCUT2D eigenvalue weighted by Crippen LogP contribution is 2.33. The van der Waals surface area contributed by atoms with Crippen molar-refractivity contribution in [3.63, 3.8) is 0 Å². The molecule has 2 aromatic heterocycles. The van der Waals surface area contributed by atoms with Gasteiger partial charge in [0.2, 0.25) is 5.88 Å². The van der Waals surface area contributed by atoms with Gasteiger partial charge < -0.3 is 25.0 Å². The van der Waals surface area contributed by atoms with Crippen molar-refractivity contribution in [2.75, 3.05) is 13.1 Å². The summed E-state index contributed by atoms with van der Waals surface area (Å²) in [6, 6.07) is 6.61. The molecule has 1 aromatic carbocycles. The lowest BCUT2D eigenvalue weighted by Gasteiger charge is -2.38. The van der Waals surface area contributed by atoms with E-state index in [0.29, 0.717) is 18.5 Å². The Balaban J connectivity index is 1.31. The molecule has 11 heteroatoms. The summed E-state index contributed by atoms with van der Waals surface area (Å²) in [7, 11) is 0. The summed E-state index contributed by atoms with van der Waals surface area (Å²) >= 11 is 5.87. The van der Waals surface area contributed by atoms with E-state index in [0.717, 1.165) is 29.8 Å². The number of nitrogens with one attached hydrogen (secondary N) is 2. The summed E-state index contributed by atoms with van der Waals surface area (Å²) in [6.45, 7) is 1.27. The molecule has 8 nitrogen and oxygen atoms in total. The van der Waals surface area contributed by atoms with Crippen molar-refractivity contribution in [2.24, 2.45) is 0 Å². The predicted octanol–water partition coefficient (Wildman–Crippen LogP) is 3.42. The Morgan fingerprint density at radius 2 is 2.06 bits per heavy atom. The molecule has 2 atom stereocenters. The first-order valence-corrected chi connectivity index (χ1v) is 10.9. The van der Waals surface area contributed by atoms with E-state index in [1.54, 1.807) is 18.3 Å². The van der Waals surface area contributed by atoms with E-state index in [-0.39, 0.29) is 46.6 Å². The Morgan fingerprint density at radius 1 is 1.24 bits per heavy atom. The van der Waals surface area contributed by atoms with Crippen molar-refractivity contribution in [2.45, 2.75) is 25.1 Å². The molecular formula is C23H19ClF2N4O4. The highest BCUT2D eigenvalue weighted by atomic mass is 35.5. The standard InChI is InChI=1S/C23H19ClF2N4O4/c24-22-16(26)3-2-15(25)21(22)17-6-13(34-30-17)10-33-19-4-1-11(7-28-19)14-5-12-8-27-9-18(29-12)20(14)23(31)32/h1-4,6-7,12,18,27,29H,5,8-10H2,(H,31,32)/t12-,18-/m1/s1. The molecule has 0 aliphatic carbocycles. The first kappa shape index (κ1) is 22.5. The van der Waals surface area contributed by atoms with E-state index in [1.165, 1.54) is 6.07 Å².